The lowest BCUT2D eigenvalue weighted by Crippen LogP contribution is -2.55. The molecule has 0 unspecified atom stereocenters. The van der Waals surface area contributed by atoms with Crippen LogP contribution in [-0.2, 0) is 22.4 Å². The summed E-state index contributed by atoms with van der Waals surface area (Å²) in [6.07, 6.45) is 2.03. The van der Waals surface area contributed by atoms with Gasteiger partial charge in [0.25, 0.3) is 0 Å². The van der Waals surface area contributed by atoms with E-state index in [9.17, 15) is 4.79 Å². The molecule has 2 aliphatic heterocycles. The maximum absolute atomic E-state index is 12.5. The molecule has 1 aromatic rings. The van der Waals surface area contributed by atoms with E-state index in [0.29, 0.717) is 19.8 Å². The van der Waals surface area contributed by atoms with Crippen molar-refractivity contribution in [2.24, 2.45) is 4.99 Å². The van der Waals surface area contributed by atoms with Gasteiger partial charge >= 0.3 is 0 Å². The zero-order chi connectivity index (χ0) is 21.2. The zero-order valence-corrected chi connectivity index (χ0v) is 18.6. The molecular weight excluding hydrogens is 378 g/mol. The third-order valence-corrected chi connectivity index (χ3v) is 5.82. The Labute approximate surface area is 181 Å². The molecule has 2 heterocycles. The average molecular weight is 416 g/mol. The van der Waals surface area contributed by atoms with Gasteiger partial charge in [-0.25, -0.2) is 0 Å². The van der Waals surface area contributed by atoms with Gasteiger partial charge in [0, 0.05) is 52.4 Å². The van der Waals surface area contributed by atoms with Gasteiger partial charge in [0.15, 0.2) is 5.96 Å². The fourth-order valence-electron chi connectivity index (χ4n) is 3.88. The first kappa shape index (κ1) is 22.6. The largest absolute Gasteiger partial charge is 0.378 e. The van der Waals surface area contributed by atoms with Gasteiger partial charge in [0.05, 0.1) is 19.8 Å². The van der Waals surface area contributed by atoms with Crippen molar-refractivity contribution in [2.75, 3.05) is 72.1 Å². The molecule has 0 spiro atoms. The van der Waals surface area contributed by atoms with Crippen LogP contribution < -0.4 is 5.32 Å². The van der Waals surface area contributed by atoms with Crippen LogP contribution in [0.3, 0.4) is 0 Å². The predicted octanol–water partition coefficient (Wildman–Crippen LogP) is 1.23. The topological polar surface area (TPSA) is 60.4 Å². The number of aryl methyl sites for hydroxylation is 1. The number of hydrogen-bond donors (Lipinski definition) is 1. The summed E-state index contributed by atoms with van der Waals surface area (Å²) >= 11 is 0. The number of benzene rings is 1. The van der Waals surface area contributed by atoms with Gasteiger partial charge < -0.3 is 19.9 Å². The number of amides is 1. The molecule has 0 aliphatic carbocycles. The molecule has 0 saturated carbocycles. The van der Waals surface area contributed by atoms with Crippen molar-refractivity contribution in [3.63, 3.8) is 0 Å². The van der Waals surface area contributed by atoms with E-state index in [1.54, 1.807) is 0 Å². The summed E-state index contributed by atoms with van der Waals surface area (Å²) in [5, 5.41) is 3.43. The minimum absolute atomic E-state index is 0.224. The van der Waals surface area contributed by atoms with Gasteiger partial charge in [-0.1, -0.05) is 31.2 Å². The van der Waals surface area contributed by atoms with E-state index in [-0.39, 0.29) is 5.91 Å². The molecule has 3 rings (SSSR count). The first-order valence-electron chi connectivity index (χ1n) is 11.4. The molecule has 0 aromatic heterocycles. The van der Waals surface area contributed by atoms with E-state index >= 15 is 0 Å². The quantitative estimate of drug-likeness (QED) is 0.536. The highest BCUT2D eigenvalue weighted by atomic mass is 16.5. The number of nitrogens with one attached hydrogen (secondary N) is 1. The van der Waals surface area contributed by atoms with Crippen molar-refractivity contribution >= 4 is 11.9 Å². The molecule has 0 bridgehead atoms. The van der Waals surface area contributed by atoms with Crippen LogP contribution in [0.15, 0.2) is 29.3 Å². The van der Waals surface area contributed by atoms with Crippen LogP contribution in [-0.4, -0.2) is 98.7 Å². The van der Waals surface area contributed by atoms with Crippen LogP contribution in [0.4, 0.5) is 0 Å². The third kappa shape index (κ3) is 6.71. The Bertz CT molecular complexity index is 677. The van der Waals surface area contributed by atoms with E-state index in [1.165, 1.54) is 11.1 Å². The van der Waals surface area contributed by atoms with Crippen molar-refractivity contribution in [1.82, 2.24) is 20.0 Å². The van der Waals surface area contributed by atoms with Crippen LogP contribution >= 0.6 is 0 Å². The Morgan fingerprint density at radius 1 is 0.967 bits per heavy atom. The van der Waals surface area contributed by atoms with E-state index in [4.69, 9.17) is 9.73 Å². The van der Waals surface area contributed by atoms with Gasteiger partial charge in [0.2, 0.25) is 5.91 Å². The normalized spacial score (nSPS) is 18.5. The number of carbonyl (C=O) groups excluding carboxylic acids is 1. The lowest BCUT2D eigenvalue weighted by atomic mass is 10.1. The summed E-state index contributed by atoms with van der Waals surface area (Å²) in [6, 6.07) is 8.85. The Kier molecular flexibility index (Phi) is 8.96. The number of piperazine rings is 1. The van der Waals surface area contributed by atoms with Crippen molar-refractivity contribution in [2.45, 2.75) is 26.7 Å². The van der Waals surface area contributed by atoms with Crippen LogP contribution in [0.1, 0.15) is 25.0 Å². The fourth-order valence-corrected chi connectivity index (χ4v) is 3.88. The first-order chi connectivity index (χ1) is 14.7. The maximum atomic E-state index is 12.5. The molecule has 1 N–H and O–H groups in total. The number of morpholine rings is 1. The first-order valence-corrected chi connectivity index (χ1v) is 11.4. The monoisotopic (exact) mass is 415 g/mol. The number of carbonyl (C=O) groups is 1. The Morgan fingerprint density at radius 3 is 2.27 bits per heavy atom. The van der Waals surface area contributed by atoms with E-state index in [0.717, 1.165) is 71.2 Å². The van der Waals surface area contributed by atoms with Crippen LogP contribution in [0.5, 0.6) is 0 Å². The van der Waals surface area contributed by atoms with Gasteiger partial charge in [-0.05, 0) is 30.9 Å². The zero-order valence-electron chi connectivity index (χ0n) is 18.6. The second-order valence-electron chi connectivity index (χ2n) is 7.91. The number of hydrogen-bond acceptors (Lipinski definition) is 4. The maximum Gasteiger partial charge on any atom is 0.236 e. The van der Waals surface area contributed by atoms with E-state index in [2.05, 4.69) is 53.2 Å². The van der Waals surface area contributed by atoms with Gasteiger partial charge in [-0.3, -0.25) is 14.7 Å². The molecule has 7 heteroatoms. The van der Waals surface area contributed by atoms with Crippen molar-refractivity contribution in [3.8, 4) is 0 Å². The molecule has 2 fully saturated rings. The lowest BCUT2D eigenvalue weighted by Gasteiger charge is -2.37. The fraction of sp³-hybridized carbons (Fsp3) is 0.652. The van der Waals surface area contributed by atoms with Crippen LogP contribution in [0.25, 0.3) is 0 Å². The van der Waals surface area contributed by atoms with Gasteiger partial charge in [-0.15, -0.1) is 0 Å². The van der Waals surface area contributed by atoms with Crippen molar-refractivity contribution < 1.29 is 9.53 Å². The molecule has 0 radical (unpaired) electrons. The summed E-state index contributed by atoms with van der Waals surface area (Å²) in [5.41, 5.74) is 2.71. The third-order valence-electron chi connectivity index (χ3n) is 5.82. The minimum atomic E-state index is 0.224. The molecule has 30 heavy (non-hydrogen) atoms. The molecule has 166 valence electrons. The van der Waals surface area contributed by atoms with Gasteiger partial charge in [0.1, 0.15) is 0 Å². The summed E-state index contributed by atoms with van der Waals surface area (Å²) < 4.78 is 5.34. The van der Waals surface area contributed by atoms with E-state index in [1.807, 2.05) is 4.90 Å². The lowest BCUT2D eigenvalue weighted by molar-refractivity contribution is -0.136. The summed E-state index contributed by atoms with van der Waals surface area (Å²) in [7, 11) is 0. The molecule has 7 nitrogen and oxygen atoms in total. The van der Waals surface area contributed by atoms with Gasteiger partial charge in [-0.2, -0.15) is 0 Å². The summed E-state index contributed by atoms with van der Waals surface area (Å²) in [4.78, 5) is 23.8. The highest BCUT2D eigenvalue weighted by Crippen LogP contribution is 2.08. The molecule has 2 aliphatic rings. The average Bonchev–Trinajstić information content (AvgIpc) is 2.80. The van der Waals surface area contributed by atoms with Crippen LogP contribution in [0.2, 0.25) is 0 Å². The summed E-state index contributed by atoms with van der Waals surface area (Å²) in [5.74, 6) is 1.21. The second-order valence-corrected chi connectivity index (χ2v) is 7.91. The molecule has 1 amide bonds. The smallest absolute Gasteiger partial charge is 0.236 e. The van der Waals surface area contributed by atoms with Crippen molar-refractivity contribution in [1.29, 1.82) is 0 Å². The number of aliphatic imine (C=N–C) groups is 1. The highest BCUT2D eigenvalue weighted by molar-refractivity contribution is 5.80. The predicted molar refractivity (Wildman–Crippen MR) is 121 cm³/mol. The summed E-state index contributed by atoms with van der Waals surface area (Å²) in [6.45, 7) is 12.8. The number of ether oxygens (including phenoxy) is 1. The Balaban J connectivity index is 1.45. The van der Waals surface area contributed by atoms with Crippen molar-refractivity contribution in [3.05, 3.63) is 35.4 Å². The number of rotatable bonds is 7. The number of nitrogens with zero attached hydrogens (tertiary/aromatic N) is 4. The molecular formula is C23H37N5O2. The molecule has 0 atom stereocenters. The van der Waals surface area contributed by atoms with Crippen LogP contribution in [0, 0.1) is 0 Å². The molecule has 2 saturated heterocycles. The standard InChI is InChI=1S/C23H37N5O2/c1-3-20-5-7-21(8-6-20)9-10-25-23(24-4-2)28-13-11-26(12-14-28)19-22(29)27-15-17-30-18-16-27/h5-8H,3-4,9-19H2,1-2H3,(H,24,25). The highest BCUT2D eigenvalue weighted by Gasteiger charge is 2.24. The number of guanidine groups is 1. The molecule has 1 aromatic carbocycles. The Morgan fingerprint density at radius 2 is 1.63 bits per heavy atom. The minimum Gasteiger partial charge on any atom is -0.378 e. The SMILES string of the molecule is CCNC(=NCCc1ccc(CC)cc1)N1CCN(CC(=O)N2CCOCC2)CC1. The van der Waals surface area contributed by atoms with E-state index < -0.39 is 0 Å². The second kappa shape index (κ2) is 11.9. The Hall–Kier alpha value is -2.12.